The SMILES string of the molecule is Cc1c(Nc2cc(Br)ccc2F)cc(N)cc1S(N)(=O)=O. The van der Waals surface area contributed by atoms with Gasteiger partial charge in [0.15, 0.2) is 0 Å². The zero-order chi connectivity index (χ0) is 15.8. The Morgan fingerprint density at radius 1 is 1.19 bits per heavy atom. The molecule has 0 heterocycles. The predicted molar refractivity (Wildman–Crippen MR) is 84.3 cm³/mol. The first-order valence-corrected chi connectivity index (χ1v) is 8.17. The number of nitrogens with two attached hydrogens (primary N) is 2. The van der Waals surface area contributed by atoms with Gasteiger partial charge in [-0.3, -0.25) is 0 Å². The minimum Gasteiger partial charge on any atom is -0.399 e. The lowest BCUT2D eigenvalue weighted by Gasteiger charge is -2.14. The minimum absolute atomic E-state index is 0.0968. The summed E-state index contributed by atoms with van der Waals surface area (Å²) in [5, 5.41) is 7.98. The molecule has 0 unspecified atom stereocenters. The molecular formula is C13H13BrFN3O2S. The molecule has 0 radical (unpaired) electrons. The molecule has 0 aliphatic rings. The lowest BCUT2D eigenvalue weighted by molar-refractivity contribution is 0.597. The third-order valence-electron chi connectivity index (χ3n) is 2.89. The average Bonchev–Trinajstić information content (AvgIpc) is 2.36. The molecule has 0 spiro atoms. The molecule has 0 aromatic heterocycles. The molecule has 5 nitrogen and oxygen atoms in total. The van der Waals surface area contributed by atoms with Crippen LogP contribution in [-0.4, -0.2) is 8.42 Å². The third kappa shape index (κ3) is 3.52. The van der Waals surface area contributed by atoms with Gasteiger partial charge in [-0.15, -0.1) is 0 Å². The number of hydrogen-bond donors (Lipinski definition) is 3. The van der Waals surface area contributed by atoms with Crippen LogP contribution in [0.5, 0.6) is 0 Å². The summed E-state index contributed by atoms with van der Waals surface area (Å²) in [6, 6.07) is 7.17. The van der Waals surface area contributed by atoms with Crippen molar-refractivity contribution in [3.8, 4) is 0 Å². The maximum atomic E-state index is 13.8. The summed E-state index contributed by atoms with van der Waals surface area (Å²) in [6.45, 7) is 1.57. The van der Waals surface area contributed by atoms with Crippen molar-refractivity contribution in [3.05, 3.63) is 46.2 Å². The molecule has 0 bridgehead atoms. The second kappa shape index (κ2) is 5.63. The number of halogens is 2. The van der Waals surface area contributed by atoms with Crippen molar-refractivity contribution < 1.29 is 12.8 Å². The number of rotatable bonds is 3. The lowest BCUT2D eigenvalue weighted by Crippen LogP contribution is -2.15. The summed E-state index contributed by atoms with van der Waals surface area (Å²) < 4.78 is 37.5. The van der Waals surface area contributed by atoms with E-state index < -0.39 is 15.8 Å². The van der Waals surface area contributed by atoms with Crippen LogP contribution in [0.1, 0.15) is 5.56 Å². The van der Waals surface area contributed by atoms with Crippen LogP contribution >= 0.6 is 15.9 Å². The maximum absolute atomic E-state index is 13.8. The first-order valence-electron chi connectivity index (χ1n) is 5.83. The molecule has 0 atom stereocenters. The van der Waals surface area contributed by atoms with Crippen LogP contribution < -0.4 is 16.2 Å². The average molecular weight is 374 g/mol. The van der Waals surface area contributed by atoms with Crippen molar-refractivity contribution in [1.82, 2.24) is 0 Å². The molecule has 0 aliphatic carbocycles. The van der Waals surface area contributed by atoms with Gasteiger partial charge >= 0.3 is 0 Å². The molecule has 2 aromatic rings. The Kier molecular flexibility index (Phi) is 4.22. The minimum atomic E-state index is -3.91. The van der Waals surface area contributed by atoms with Gasteiger partial charge in [-0.1, -0.05) is 15.9 Å². The predicted octanol–water partition coefficient (Wildman–Crippen LogP) is 2.87. The van der Waals surface area contributed by atoms with Crippen LogP contribution in [-0.2, 0) is 10.0 Å². The molecule has 5 N–H and O–H groups in total. The van der Waals surface area contributed by atoms with Crippen molar-refractivity contribution in [3.63, 3.8) is 0 Å². The molecular weight excluding hydrogens is 361 g/mol. The van der Waals surface area contributed by atoms with Crippen LogP contribution in [0.4, 0.5) is 21.5 Å². The van der Waals surface area contributed by atoms with Crippen LogP contribution in [0.15, 0.2) is 39.7 Å². The van der Waals surface area contributed by atoms with Crippen LogP contribution in [0.2, 0.25) is 0 Å². The molecule has 2 rings (SSSR count). The molecule has 21 heavy (non-hydrogen) atoms. The highest BCUT2D eigenvalue weighted by molar-refractivity contribution is 9.10. The summed E-state index contributed by atoms with van der Waals surface area (Å²) in [7, 11) is -3.91. The summed E-state index contributed by atoms with van der Waals surface area (Å²) >= 11 is 3.24. The number of nitrogens with one attached hydrogen (secondary N) is 1. The van der Waals surface area contributed by atoms with E-state index in [4.69, 9.17) is 10.9 Å². The molecule has 0 saturated heterocycles. The van der Waals surface area contributed by atoms with E-state index >= 15 is 0 Å². The fourth-order valence-corrected chi connectivity index (χ4v) is 3.07. The highest BCUT2D eigenvalue weighted by atomic mass is 79.9. The van der Waals surface area contributed by atoms with E-state index in [2.05, 4.69) is 21.2 Å². The summed E-state index contributed by atoms with van der Waals surface area (Å²) in [6.07, 6.45) is 0. The highest BCUT2D eigenvalue weighted by Crippen LogP contribution is 2.30. The Labute approximate surface area is 130 Å². The van der Waals surface area contributed by atoms with Gasteiger partial charge in [0.2, 0.25) is 10.0 Å². The largest absolute Gasteiger partial charge is 0.399 e. The fraction of sp³-hybridized carbons (Fsp3) is 0.0769. The standard InChI is InChI=1S/C13H13BrFN3O2S/c1-7-11(5-9(16)6-13(7)21(17,19)20)18-12-4-8(14)2-3-10(12)15/h2-6,18H,16H2,1H3,(H2,17,19,20). The van der Waals surface area contributed by atoms with E-state index in [0.29, 0.717) is 15.7 Å². The molecule has 2 aromatic carbocycles. The first-order chi connectivity index (χ1) is 9.68. The van der Waals surface area contributed by atoms with Gasteiger partial charge in [0.1, 0.15) is 5.82 Å². The van der Waals surface area contributed by atoms with Crippen molar-refractivity contribution in [2.75, 3.05) is 11.1 Å². The van der Waals surface area contributed by atoms with Gasteiger partial charge in [-0.2, -0.15) is 0 Å². The number of benzene rings is 2. The van der Waals surface area contributed by atoms with E-state index in [9.17, 15) is 12.8 Å². The van der Waals surface area contributed by atoms with Crippen LogP contribution in [0.25, 0.3) is 0 Å². The smallest absolute Gasteiger partial charge is 0.238 e. The van der Waals surface area contributed by atoms with Gasteiger partial charge in [0, 0.05) is 15.8 Å². The lowest BCUT2D eigenvalue weighted by atomic mass is 10.1. The summed E-state index contributed by atoms with van der Waals surface area (Å²) in [4.78, 5) is -0.0968. The number of hydrogen-bond acceptors (Lipinski definition) is 4. The Hall–Kier alpha value is -1.64. The molecule has 0 amide bonds. The number of anilines is 3. The van der Waals surface area contributed by atoms with Crippen LogP contribution in [0, 0.1) is 12.7 Å². The molecule has 0 fully saturated rings. The zero-order valence-electron chi connectivity index (χ0n) is 11.0. The van der Waals surface area contributed by atoms with Gasteiger partial charge < -0.3 is 11.1 Å². The Bertz CT molecular complexity index is 809. The second-order valence-electron chi connectivity index (χ2n) is 4.49. The number of primary sulfonamides is 1. The third-order valence-corrected chi connectivity index (χ3v) is 4.42. The van der Waals surface area contributed by atoms with Gasteiger partial charge in [0.25, 0.3) is 0 Å². The van der Waals surface area contributed by atoms with Crippen LogP contribution in [0.3, 0.4) is 0 Å². The molecule has 0 aliphatic heterocycles. The Morgan fingerprint density at radius 3 is 2.48 bits per heavy atom. The molecule has 8 heteroatoms. The molecule has 112 valence electrons. The van der Waals surface area contributed by atoms with E-state index in [0.717, 1.165) is 0 Å². The Morgan fingerprint density at radius 2 is 1.86 bits per heavy atom. The highest BCUT2D eigenvalue weighted by Gasteiger charge is 2.16. The van der Waals surface area contributed by atoms with E-state index in [1.165, 1.54) is 24.3 Å². The number of nitrogen functional groups attached to an aromatic ring is 1. The fourth-order valence-electron chi connectivity index (χ4n) is 1.87. The van der Waals surface area contributed by atoms with Crippen molar-refractivity contribution in [2.45, 2.75) is 11.8 Å². The quantitative estimate of drug-likeness (QED) is 0.720. The van der Waals surface area contributed by atoms with Crippen molar-refractivity contribution in [1.29, 1.82) is 0 Å². The van der Waals surface area contributed by atoms with Gasteiger partial charge in [0.05, 0.1) is 10.6 Å². The van der Waals surface area contributed by atoms with Crippen molar-refractivity contribution >= 4 is 43.0 Å². The van der Waals surface area contributed by atoms with Gasteiger partial charge in [-0.25, -0.2) is 17.9 Å². The zero-order valence-corrected chi connectivity index (χ0v) is 13.4. The summed E-state index contributed by atoms with van der Waals surface area (Å²) in [5.74, 6) is -0.475. The van der Waals surface area contributed by atoms with E-state index in [1.54, 1.807) is 13.0 Å². The van der Waals surface area contributed by atoms with Crippen molar-refractivity contribution in [2.24, 2.45) is 5.14 Å². The second-order valence-corrected chi connectivity index (χ2v) is 6.93. The first kappa shape index (κ1) is 15.7. The van der Waals surface area contributed by atoms with Gasteiger partial charge in [-0.05, 0) is 42.8 Å². The summed E-state index contributed by atoms with van der Waals surface area (Å²) in [5.41, 5.74) is 6.83. The topological polar surface area (TPSA) is 98.2 Å². The maximum Gasteiger partial charge on any atom is 0.238 e. The molecule has 0 saturated carbocycles. The Balaban J connectivity index is 2.55. The number of sulfonamides is 1. The van der Waals surface area contributed by atoms with E-state index in [-0.39, 0.29) is 16.3 Å². The monoisotopic (exact) mass is 373 g/mol. The normalized spacial score (nSPS) is 11.4. The van der Waals surface area contributed by atoms with E-state index in [1.807, 2.05) is 0 Å².